The van der Waals surface area contributed by atoms with Crippen LogP contribution in [0.2, 0.25) is 5.02 Å². The quantitative estimate of drug-likeness (QED) is 0.684. The van der Waals surface area contributed by atoms with E-state index in [2.05, 4.69) is 0 Å². The fourth-order valence-electron chi connectivity index (χ4n) is 2.70. The normalized spacial score (nSPS) is 18.6. The predicted molar refractivity (Wildman–Crippen MR) is 78.4 cm³/mol. The smallest absolute Gasteiger partial charge is 0.283 e. The summed E-state index contributed by atoms with van der Waals surface area (Å²) < 4.78 is 0. The third-order valence-electron chi connectivity index (χ3n) is 3.75. The number of hydrogen-bond donors (Lipinski definition) is 1. The molecule has 1 unspecified atom stereocenters. The lowest BCUT2D eigenvalue weighted by atomic mass is 9.94. The molecule has 21 heavy (non-hydrogen) atoms. The highest BCUT2D eigenvalue weighted by atomic mass is 35.5. The average molecular weight is 313 g/mol. The van der Waals surface area contributed by atoms with Crippen molar-refractivity contribution in [2.45, 2.75) is 19.3 Å². The van der Waals surface area contributed by atoms with Crippen molar-refractivity contribution in [1.82, 2.24) is 4.90 Å². The van der Waals surface area contributed by atoms with Crippen LogP contribution in [0.5, 0.6) is 0 Å². The summed E-state index contributed by atoms with van der Waals surface area (Å²) in [6, 6.07) is 4.23. The number of aliphatic hydroxyl groups excluding tert-OH is 1. The highest BCUT2D eigenvalue weighted by Crippen LogP contribution is 2.29. The summed E-state index contributed by atoms with van der Waals surface area (Å²) in [5.41, 5.74) is -0.314. The Labute approximate surface area is 127 Å². The van der Waals surface area contributed by atoms with E-state index in [1.54, 1.807) is 4.90 Å². The average Bonchev–Trinajstić information content (AvgIpc) is 2.47. The molecule has 1 amide bonds. The van der Waals surface area contributed by atoms with Gasteiger partial charge in [0, 0.05) is 25.8 Å². The van der Waals surface area contributed by atoms with Crippen molar-refractivity contribution >= 4 is 23.2 Å². The van der Waals surface area contributed by atoms with Gasteiger partial charge in [-0.2, -0.15) is 0 Å². The first kappa shape index (κ1) is 15.7. The standard InChI is InChI=1S/C14H17ClN2O4/c15-11-4-1-5-12(17(20)21)13(11)14(19)16-7-2-3-10(9-16)6-8-18/h1,4-5,10,18H,2-3,6-9H2. The lowest BCUT2D eigenvalue weighted by molar-refractivity contribution is -0.385. The van der Waals surface area contributed by atoms with E-state index in [4.69, 9.17) is 16.7 Å². The molecule has 1 atom stereocenters. The van der Waals surface area contributed by atoms with E-state index in [9.17, 15) is 14.9 Å². The minimum Gasteiger partial charge on any atom is -0.396 e. The second-order valence-electron chi connectivity index (χ2n) is 5.16. The summed E-state index contributed by atoms with van der Waals surface area (Å²) in [5, 5.41) is 20.2. The lowest BCUT2D eigenvalue weighted by Crippen LogP contribution is -2.40. The maximum atomic E-state index is 12.6. The van der Waals surface area contributed by atoms with Crippen LogP contribution in [0.4, 0.5) is 5.69 Å². The van der Waals surface area contributed by atoms with Crippen LogP contribution >= 0.6 is 11.6 Å². The van der Waals surface area contributed by atoms with Crippen LogP contribution in [0.25, 0.3) is 0 Å². The molecule has 0 spiro atoms. The van der Waals surface area contributed by atoms with Gasteiger partial charge in [0.25, 0.3) is 11.6 Å². The Morgan fingerprint density at radius 2 is 2.29 bits per heavy atom. The van der Waals surface area contributed by atoms with Gasteiger partial charge in [-0.1, -0.05) is 17.7 Å². The summed E-state index contributed by atoms with van der Waals surface area (Å²) in [6.07, 6.45) is 2.41. The van der Waals surface area contributed by atoms with Crippen LogP contribution in [0, 0.1) is 16.0 Å². The molecule has 0 aliphatic carbocycles. The minimum atomic E-state index is -0.589. The van der Waals surface area contributed by atoms with Crippen molar-refractivity contribution in [3.8, 4) is 0 Å². The third-order valence-corrected chi connectivity index (χ3v) is 4.06. The molecule has 7 heteroatoms. The molecule has 1 fully saturated rings. The highest BCUT2D eigenvalue weighted by molar-refractivity contribution is 6.34. The Hall–Kier alpha value is -1.66. The number of nitro benzene ring substituents is 1. The van der Waals surface area contributed by atoms with Crippen LogP contribution < -0.4 is 0 Å². The molecule has 1 aromatic rings. The molecule has 1 aromatic carbocycles. The van der Waals surface area contributed by atoms with E-state index < -0.39 is 10.8 Å². The number of nitrogens with zero attached hydrogens (tertiary/aromatic N) is 2. The largest absolute Gasteiger partial charge is 0.396 e. The maximum absolute atomic E-state index is 12.6. The summed E-state index contributed by atoms with van der Waals surface area (Å²) in [6.45, 7) is 1.14. The molecule has 1 N–H and O–H groups in total. The van der Waals surface area contributed by atoms with Crippen molar-refractivity contribution in [3.63, 3.8) is 0 Å². The molecule has 1 aliphatic heterocycles. The SMILES string of the molecule is O=C(c1c(Cl)cccc1[N+](=O)[O-])N1CCCC(CCO)C1. The second-order valence-corrected chi connectivity index (χ2v) is 5.57. The van der Waals surface area contributed by atoms with Gasteiger partial charge in [-0.3, -0.25) is 14.9 Å². The van der Waals surface area contributed by atoms with Crippen molar-refractivity contribution in [3.05, 3.63) is 38.9 Å². The number of carbonyl (C=O) groups excluding carboxylic acids is 1. The topological polar surface area (TPSA) is 83.7 Å². The van der Waals surface area contributed by atoms with Crippen LogP contribution in [-0.4, -0.2) is 40.5 Å². The number of nitro groups is 1. The zero-order valence-electron chi connectivity index (χ0n) is 11.5. The maximum Gasteiger partial charge on any atom is 0.283 e. The monoisotopic (exact) mass is 312 g/mol. The number of aliphatic hydroxyl groups is 1. The Morgan fingerprint density at radius 3 is 2.95 bits per heavy atom. The van der Waals surface area contributed by atoms with Gasteiger partial charge in [0.1, 0.15) is 5.56 Å². The summed E-state index contributed by atoms with van der Waals surface area (Å²) in [7, 11) is 0. The lowest BCUT2D eigenvalue weighted by Gasteiger charge is -2.32. The molecule has 1 aliphatic rings. The fourth-order valence-corrected chi connectivity index (χ4v) is 2.95. The van der Waals surface area contributed by atoms with Crippen molar-refractivity contribution < 1.29 is 14.8 Å². The molecule has 0 saturated carbocycles. The summed E-state index contributed by atoms with van der Waals surface area (Å²) >= 11 is 5.99. The molecule has 0 bridgehead atoms. The zero-order valence-corrected chi connectivity index (χ0v) is 12.3. The number of hydrogen-bond acceptors (Lipinski definition) is 4. The number of halogens is 1. The van der Waals surface area contributed by atoms with Gasteiger partial charge in [-0.15, -0.1) is 0 Å². The summed E-state index contributed by atoms with van der Waals surface area (Å²) in [5.74, 6) is -0.177. The Morgan fingerprint density at radius 1 is 1.52 bits per heavy atom. The van der Waals surface area contributed by atoms with Crippen molar-refractivity contribution in [2.75, 3.05) is 19.7 Å². The van der Waals surface area contributed by atoms with Crippen LogP contribution in [0.1, 0.15) is 29.6 Å². The minimum absolute atomic E-state index is 0.0474. The van der Waals surface area contributed by atoms with Crippen molar-refractivity contribution in [2.24, 2.45) is 5.92 Å². The second kappa shape index (κ2) is 6.87. The predicted octanol–water partition coefficient (Wildman–Crippen LogP) is 2.48. The van der Waals surface area contributed by atoms with E-state index in [1.807, 2.05) is 0 Å². The van der Waals surface area contributed by atoms with Crippen molar-refractivity contribution in [1.29, 1.82) is 0 Å². The van der Waals surface area contributed by atoms with Gasteiger partial charge in [0.15, 0.2) is 0 Å². The third kappa shape index (κ3) is 3.51. The first-order valence-corrected chi connectivity index (χ1v) is 7.25. The number of likely N-dealkylation sites (tertiary alicyclic amines) is 1. The first-order valence-electron chi connectivity index (χ1n) is 6.87. The van der Waals surface area contributed by atoms with Crippen LogP contribution in [-0.2, 0) is 0 Å². The molecule has 1 saturated heterocycles. The van der Waals surface area contributed by atoms with E-state index in [0.29, 0.717) is 19.5 Å². The molecule has 6 nitrogen and oxygen atoms in total. The van der Waals surface area contributed by atoms with Gasteiger partial charge in [0.2, 0.25) is 0 Å². The molecular formula is C14H17ClN2O4. The molecule has 0 aromatic heterocycles. The molecule has 0 radical (unpaired) electrons. The molecule has 2 rings (SSSR count). The van der Waals surface area contributed by atoms with E-state index >= 15 is 0 Å². The van der Waals surface area contributed by atoms with E-state index in [-0.39, 0.29) is 28.8 Å². The van der Waals surface area contributed by atoms with Gasteiger partial charge >= 0.3 is 0 Å². The number of carbonyl (C=O) groups is 1. The molecule has 1 heterocycles. The molecule has 114 valence electrons. The Balaban J connectivity index is 2.25. The van der Waals surface area contributed by atoms with Gasteiger partial charge in [-0.25, -0.2) is 0 Å². The highest BCUT2D eigenvalue weighted by Gasteiger charge is 2.30. The van der Waals surface area contributed by atoms with E-state index in [0.717, 1.165) is 12.8 Å². The Kier molecular flexibility index (Phi) is 5.14. The fraction of sp³-hybridized carbons (Fsp3) is 0.500. The van der Waals surface area contributed by atoms with Crippen LogP contribution in [0.3, 0.4) is 0 Å². The van der Waals surface area contributed by atoms with Gasteiger partial charge < -0.3 is 10.0 Å². The first-order chi connectivity index (χ1) is 10.0. The van der Waals surface area contributed by atoms with E-state index in [1.165, 1.54) is 18.2 Å². The molecular weight excluding hydrogens is 296 g/mol. The Bertz CT molecular complexity index is 548. The number of piperidine rings is 1. The van der Waals surface area contributed by atoms with Crippen LogP contribution in [0.15, 0.2) is 18.2 Å². The number of benzene rings is 1. The number of rotatable bonds is 4. The summed E-state index contributed by atoms with van der Waals surface area (Å²) in [4.78, 5) is 24.6. The zero-order chi connectivity index (χ0) is 15.4. The van der Waals surface area contributed by atoms with Gasteiger partial charge in [0.05, 0.1) is 9.95 Å². The number of amides is 1. The van der Waals surface area contributed by atoms with Gasteiger partial charge in [-0.05, 0) is 31.2 Å².